The van der Waals surface area contributed by atoms with Crippen LogP contribution < -0.4 is 10.1 Å². The van der Waals surface area contributed by atoms with Crippen LogP contribution in [0.5, 0.6) is 5.75 Å². The fraction of sp³-hybridized carbons (Fsp3) is 0.735. The smallest absolute Gasteiger partial charge is 0.137 e. The normalized spacial score (nSPS) is 31.7. The molecule has 4 unspecified atom stereocenters. The molecule has 0 spiro atoms. The molecule has 2 saturated carbocycles. The van der Waals surface area contributed by atoms with Crippen LogP contribution in [-0.2, 0) is 4.79 Å². The van der Waals surface area contributed by atoms with E-state index in [1.807, 2.05) is 0 Å². The molecule has 6 atom stereocenters. The number of Topliss-reactive ketones (excluding diaryl/α,β-unsaturated/α-hetero) is 1. The van der Waals surface area contributed by atoms with Gasteiger partial charge in [-0.15, -0.1) is 0 Å². The monoisotopic (exact) mass is 521 g/mol. The summed E-state index contributed by atoms with van der Waals surface area (Å²) in [5.41, 5.74) is 4.46. The second-order valence-electron chi connectivity index (χ2n) is 12.8. The maximum atomic E-state index is 12.1. The fourth-order valence-electron chi connectivity index (χ4n) is 8.93. The molecule has 4 aliphatic rings. The van der Waals surface area contributed by atoms with Gasteiger partial charge in [-0.3, -0.25) is 4.79 Å². The molecule has 0 aliphatic heterocycles. The van der Waals surface area contributed by atoms with Crippen LogP contribution in [0.2, 0.25) is 0 Å². The van der Waals surface area contributed by atoms with Crippen molar-refractivity contribution in [1.82, 2.24) is 5.32 Å². The lowest BCUT2D eigenvalue weighted by atomic mass is 9.53. The number of rotatable bonds is 11. The van der Waals surface area contributed by atoms with Crippen LogP contribution in [0.15, 0.2) is 35.4 Å². The van der Waals surface area contributed by atoms with E-state index in [0.717, 1.165) is 82.8 Å². The topological polar surface area (TPSA) is 58.6 Å². The molecule has 38 heavy (non-hydrogen) atoms. The molecule has 0 radical (unpaired) electrons. The van der Waals surface area contributed by atoms with Crippen LogP contribution in [0, 0.1) is 23.2 Å². The number of carbonyl (C=O) groups is 1. The Morgan fingerprint density at radius 1 is 1.08 bits per heavy atom. The highest BCUT2D eigenvalue weighted by atomic mass is 16.5. The first-order valence-corrected chi connectivity index (χ1v) is 15.9. The number of fused-ring (bicyclic) bond motifs is 4. The standard InChI is InChI=1S/C34H51NO3/c1-4-8-32(35-25(5-2)6-3)24-9-7-10-27(22-24)38-20-19-34-18-17-29-28-14-12-26(36)21-23(28)11-13-30(29)31(34)15-16-33(34)37/h7,9-10,22,25,29-33,35,37H,4-6,8,11-21H2,1-3H3/t29?,30?,31?,32?,33-,34+/m0/s1. The van der Waals surface area contributed by atoms with Gasteiger partial charge >= 0.3 is 0 Å². The third kappa shape index (κ3) is 5.50. The third-order valence-corrected chi connectivity index (χ3v) is 11.0. The number of nitrogens with one attached hydrogen (secondary N) is 1. The van der Waals surface area contributed by atoms with Gasteiger partial charge in [-0.1, -0.05) is 50.5 Å². The van der Waals surface area contributed by atoms with Crippen molar-refractivity contribution in [3.8, 4) is 5.75 Å². The maximum absolute atomic E-state index is 12.1. The van der Waals surface area contributed by atoms with E-state index in [4.69, 9.17) is 4.74 Å². The number of allylic oxidation sites excluding steroid dienone is 2. The lowest BCUT2D eigenvalue weighted by Crippen LogP contribution is -2.47. The minimum absolute atomic E-state index is 0.00308. The Hall–Kier alpha value is -1.65. The van der Waals surface area contributed by atoms with Gasteiger partial charge in [-0.25, -0.2) is 0 Å². The fourth-order valence-corrected chi connectivity index (χ4v) is 8.93. The van der Waals surface area contributed by atoms with Gasteiger partial charge in [0.05, 0.1) is 12.7 Å². The van der Waals surface area contributed by atoms with Gasteiger partial charge in [0.1, 0.15) is 11.5 Å². The molecule has 0 heterocycles. The van der Waals surface area contributed by atoms with Gasteiger partial charge in [-0.05, 0) is 106 Å². The molecule has 0 saturated heterocycles. The first-order chi connectivity index (χ1) is 18.5. The van der Waals surface area contributed by atoms with E-state index in [-0.39, 0.29) is 11.5 Å². The van der Waals surface area contributed by atoms with E-state index in [1.165, 1.54) is 24.0 Å². The summed E-state index contributed by atoms with van der Waals surface area (Å²) in [6, 6.07) is 9.63. The average Bonchev–Trinajstić information content (AvgIpc) is 3.27. The molecular weight excluding hydrogens is 470 g/mol. The summed E-state index contributed by atoms with van der Waals surface area (Å²) in [4.78, 5) is 12.1. The van der Waals surface area contributed by atoms with Gasteiger partial charge < -0.3 is 15.2 Å². The SMILES string of the molecule is CCCC(NC(CC)CC)c1cccc(OCC[C@]23CCC4C5=C(CCC4C2CC[C@@H]3O)CC(=O)CC5)c1. The molecule has 2 N–H and O–H groups in total. The van der Waals surface area contributed by atoms with Crippen molar-refractivity contribution in [3.63, 3.8) is 0 Å². The highest BCUT2D eigenvalue weighted by molar-refractivity contribution is 5.82. The molecule has 1 aromatic rings. The van der Waals surface area contributed by atoms with Crippen LogP contribution in [0.4, 0.5) is 0 Å². The Bertz CT molecular complexity index is 997. The summed E-state index contributed by atoms with van der Waals surface area (Å²) in [7, 11) is 0. The Morgan fingerprint density at radius 2 is 1.92 bits per heavy atom. The first kappa shape index (κ1) is 27.9. The number of benzene rings is 1. The Labute approximate surface area is 231 Å². The number of hydrogen-bond acceptors (Lipinski definition) is 4. The molecule has 2 fully saturated rings. The van der Waals surface area contributed by atoms with Gasteiger partial charge in [0.2, 0.25) is 0 Å². The summed E-state index contributed by atoms with van der Waals surface area (Å²) in [5, 5.41) is 15.2. The zero-order valence-corrected chi connectivity index (χ0v) is 24.1. The largest absolute Gasteiger partial charge is 0.494 e. The van der Waals surface area contributed by atoms with Gasteiger partial charge in [0.25, 0.3) is 0 Å². The van der Waals surface area contributed by atoms with E-state index in [2.05, 4.69) is 50.4 Å². The van der Waals surface area contributed by atoms with Crippen molar-refractivity contribution >= 4 is 5.78 Å². The van der Waals surface area contributed by atoms with Crippen LogP contribution in [-0.4, -0.2) is 29.6 Å². The predicted octanol–water partition coefficient (Wildman–Crippen LogP) is 7.70. The molecule has 1 aromatic carbocycles. The molecule has 0 aromatic heterocycles. The second kappa shape index (κ2) is 12.3. The van der Waals surface area contributed by atoms with Crippen LogP contribution >= 0.6 is 0 Å². The Kier molecular flexibility index (Phi) is 8.99. The first-order valence-electron chi connectivity index (χ1n) is 15.9. The summed E-state index contributed by atoms with van der Waals surface area (Å²) in [6.07, 6.45) is 14.5. The molecule has 5 rings (SSSR count). The van der Waals surface area contributed by atoms with Gasteiger partial charge in [0, 0.05) is 30.3 Å². The molecule has 0 bridgehead atoms. The van der Waals surface area contributed by atoms with E-state index < -0.39 is 0 Å². The van der Waals surface area contributed by atoms with E-state index in [9.17, 15) is 9.90 Å². The summed E-state index contributed by atoms with van der Waals surface area (Å²) in [5.74, 6) is 3.34. The van der Waals surface area contributed by atoms with E-state index >= 15 is 0 Å². The predicted molar refractivity (Wildman–Crippen MR) is 154 cm³/mol. The molecule has 4 heteroatoms. The van der Waals surface area contributed by atoms with E-state index in [0.29, 0.717) is 42.2 Å². The summed E-state index contributed by atoms with van der Waals surface area (Å²) >= 11 is 0. The minimum Gasteiger partial charge on any atom is -0.494 e. The molecule has 210 valence electrons. The van der Waals surface area contributed by atoms with Crippen molar-refractivity contribution in [1.29, 1.82) is 0 Å². The minimum atomic E-state index is -0.204. The average molecular weight is 522 g/mol. The summed E-state index contributed by atoms with van der Waals surface area (Å²) < 4.78 is 6.43. The van der Waals surface area contributed by atoms with Gasteiger partial charge in [-0.2, -0.15) is 0 Å². The number of aliphatic hydroxyl groups excluding tert-OH is 1. The molecule has 4 nitrogen and oxygen atoms in total. The van der Waals surface area contributed by atoms with Crippen LogP contribution in [0.25, 0.3) is 0 Å². The maximum Gasteiger partial charge on any atom is 0.137 e. The third-order valence-electron chi connectivity index (χ3n) is 11.0. The molecule has 4 aliphatic carbocycles. The number of carbonyl (C=O) groups excluding carboxylic acids is 1. The highest BCUT2D eigenvalue weighted by Crippen LogP contribution is 2.62. The summed E-state index contributed by atoms with van der Waals surface area (Å²) in [6.45, 7) is 7.47. The Morgan fingerprint density at radius 3 is 2.71 bits per heavy atom. The van der Waals surface area contributed by atoms with Crippen molar-refractivity contribution < 1.29 is 14.6 Å². The van der Waals surface area contributed by atoms with Crippen molar-refractivity contribution in [2.24, 2.45) is 23.2 Å². The number of hydrogen-bond donors (Lipinski definition) is 2. The molecule has 0 amide bonds. The zero-order chi connectivity index (χ0) is 26.7. The quantitative estimate of drug-likeness (QED) is 0.293. The van der Waals surface area contributed by atoms with Crippen molar-refractivity contribution in [3.05, 3.63) is 41.0 Å². The van der Waals surface area contributed by atoms with Crippen LogP contribution in [0.3, 0.4) is 0 Å². The molecular formula is C34H51NO3. The highest BCUT2D eigenvalue weighted by Gasteiger charge is 2.57. The van der Waals surface area contributed by atoms with Crippen LogP contribution in [0.1, 0.15) is 122 Å². The van der Waals surface area contributed by atoms with Crippen molar-refractivity contribution in [2.75, 3.05) is 6.61 Å². The number of aliphatic hydroxyl groups is 1. The van der Waals surface area contributed by atoms with Crippen molar-refractivity contribution in [2.45, 2.75) is 129 Å². The zero-order valence-electron chi connectivity index (χ0n) is 24.1. The lowest BCUT2D eigenvalue weighted by molar-refractivity contribution is -0.119. The lowest BCUT2D eigenvalue weighted by Gasteiger charge is -2.52. The van der Waals surface area contributed by atoms with Gasteiger partial charge in [0.15, 0.2) is 0 Å². The Balaban J connectivity index is 1.25. The second-order valence-corrected chi connectivity index (χ2v) is 12.8. The number of ether oxygens (including phenoxy) is 1. The van der Waals surface area contributed by atoms with E-state index in [1.54, 1.807) is 5.57 Å². The number of ketones is 1.